The van der Waals surface area contributed by atoms with Crippen LogP contribution in [0.1, 0.15) is 59.6 Å². The lowest BCUT2D eigenvalue weighted by molar-refractivity contribution is 0.0149. The number of amides is 1. The fraction of sp³-hybridized carbons (Fsp3) is 0.516. The van der Waals surface area contributed by atoms with Crippen LogP contribution in [0.3, 0.4) is 0 Å². The molecule has 0 saturated carbocycles. The van der Waals surface area contributed by atoms with Crippen LogP contribution in [-0.4, -0.2) is 66.9 Å². The average molecular weight is 551 g/mol. The summed E-state index contributed by atoms with van der Waals surface area (Å²) in [5.74, 6) is -0.311. The number of carbonyl (C=O) groups is 1. The average Bonchev–Trinajstić information content (AvgIpc) is 2.88. The molecule has 0 aliphatic carbocycles. The van der Waals surface area contributed by atoms with Crippen LogP contribution in [0, 0.1) is 28.5 Å². The van der Waals surface area contributed by atoms with E-state index in [1.807, 2.05) is 51.1 Å². The zero-order chi connectivity index (χ0) is 30.0. The molecule has 2 aromatic carbocycles. The number of nitrogens with one attached hydrogen (secondary N) is 2. The molecule has 2 heterocycles. The monoisotopic (exact) mass is 550 g/mol. The van der Waals surface area contributed by atoms with Gasteiger partial charge >= 0.3 is 6.09 Å². The molecule has 4 rings (SSSR count). The van der Waals surface area contributed by atoms with Crippen LogP contribution in [0.2, 0.25) is 0 Å². The van der Waals surface area contributed by atoms with Gasteiger partial charge in [-0.3, -0.25) is 0 Å². The first kappa shape index (κ1) is 32.6. The van der Waals surface area contributed by atoms with Crippen molar-refractivity contribution in [1.82, 2.24) is 15.5 Å². The van der Waals surface area contributed by atoms with E-state index in [0.29, 0.717) is 12.1 Å². The Morgan fingerprint density at radius 2 is 1.48 bits per heavy atom. The molecule has 0 radical (unpaired) electrons. The summed E-state index contributed by atoms with van der Waals surface area (Å²) in [6, 6.07) is 17.3. The minimum Gasteiger partial charge on any atom is -0.444 e. The number of halogens is 1. The van der Waals surface area contributed by atoms with Crippen LogP contribution >= 0.6 is 0 Å². The summed E-state index contributed by atoms with van der Waals surface area (Å²) in [4.78, 5) is 15.9. The molecule has 8 nitrogen and oxygen atoms in total. The van der Waals surface area contributed by atoms with Gasteiger partial charge in [0.15, 0.2) is 0 Å². The molecule has 0 atom stereocenters. The third-order valence-corrected chi connectivity index (χ3v) is 6.31. The summed E-state index contributed by atoms with van der Waals surface area (Å²) in [5, 5.41) is 23.8. The van der Waals surface area contributed by atoms with Crippen molar-refractivity contribution in [3.8, 4) is 12.1 Å². The maximum Gasteiger partial charge on any atom is 0.410 e. The summed E-state index contributed by atoms with van der Waals surface area (Å²) >= 11 is 0. The zero-order valence-corrected chi connectivity index (χ0v) is 24.8. The topological polar surface area (TPSA) is 104 Å². The van der Waals surface area contributed by atoms with E-state index in [1.54, 1.807) is 4.90 Å². The predicted octanol–water partition coefficient (Wildman–Crippen LogP) is 5.05. The first-order valence-electron chi connectivity index (χ1n) is 13.5. The highest BCUT2D eigenvalue weighted by atomic mass is 19.1. The molecule has 0 bridgehead atoms. The highest BCUT2D eigenvalue weighted by Crippen LogP contribution is 2.25. The summed E-state index contributed by atoms with van der Waals surface area (Å²) in [5.41, 5.74) is 2.10. The molecule has 0 spiro atoms. The number of hydrogen-bond acceptors (Lipinski definition) is 7. The first-order valence-corrected chi connectivity index (χ1v) is 13.5. The van der Waals surface area contributed by atoms with Crippen molar-refractivity contribution in [2.24, 2.45) is 0 Å². The fourth-order valence-electron chi connectivity index (χ4n) is 4.33. The van der Waals surface area contributed by atoms with E-state index in [9.17, 15) is 9.18 Å². The van der Waals surface area contributed by atoms with Crippen LogP contribution in [0.15, 0.2) is 48.5 Å². The van der Waals surface area contributed by atoms with E-state index in [-0.39, 0.29) is 23.0 Å². The van der Waals surface area contributed by atoms with Gasteiger partial charge < -0.3 is 25.2 Å². The van der Waals surface area contributed by atoms with Gasteiger partial charge in [-0.25, -0.2) is 9.18 Å². The van der Waals surface area contributed by atoms with Crippen molar-refractivity contribution in [1.29, 1.82) is 10.5 Å². The number of anilines is 1. The summed E-state index contributed by atoms with van der Waals surface area (Å²) in [6.45, 7) is 19.6. The van der Waals surface area contributed by atoms with Gasteiger partial charge in [-0.2, -0.15) is 10.5 Å². The second-order valence-corrected chi connectivity index (χ2v) is 12.1. The Hall–Kier alpha value is -3.66. The van der Waals surface area contributed by atoms with Crippen molar-refractivity contribution in [3.05, 3.63) is 65.5 Å². The first-order chi connectivity index (χ1) is 18.7. The quantitative estimate of drug-likeness (QED) is 0.512. The third kappa shape index (κ3) is 10.8. The van der Waals surface area contributed by atoms with E-state index in [2.05, 4.69) is 49.3 Å². The Labute approximate surface area is 238 Å². The molecule has 40 heavy (non-hydrogen) atoms. The molecule has 0 aromatic heterocycles. The number of hydrogen-bond donors (Lipinski definition) is 2. The van der Waals surface area contributed by atoms with E-state index in [0.717, 1.165) is 38.3 Å². The smallest absolute Gasteiger partial charge is 0.410 e. The molecule has 2 N–H and O–H groups in total. The summed E-state index contributed by atoms with van der Waals surface area (Å²) in [7, 11) is 0. The lowest BCUT2D eigenvalue weighted by atomic mass is 9.99. The fourth-order valence-corrected chi connectivity index (χ4v) is 4.33. The molecule has 2 aliphatic rings. The van der Waals surface area contributed by atoms with Gasteiger partial charge in [-0.1, -0.05) is 0 Å². The van der Waals surface area contributed by atoms with Gasteiger partial charge in [-0.05, 0) is 97.0 Å². The van der Waals surface area contributed by atoms with Crippen molar-refractivity contribution in [2.75, 3.05) is 44.2 Å². The highest BCUT2D eigenvalue weighted by molar-refractivity contribution is 5.68. The van der Waals surface area contributed by atoms with Crippen LogP contribution < -0.4 is 15.5 Å². The minimum absolute atomic E-state index is 0.0187. The van der Waals surface area contributed by atoms with Crippen LogP contribution in [-0.2, 0) is 4.74 Å². The molecule has 1 amide bonds. The number of carbonyl (C=O) groups excluding carboxylic acids is 1. The Morgan fingerprint density at radius 1 is 0.925 bits per heavy atom. The summed E-state index contributed by atoms with van der Waals surface area (Å²) < 4.78 is 17.4. The van der Waals surface area contributed by atoms with E-state index < -0.39 is 5.60 Å². The Bertz CT molecular complexity index is 1170. The van der Waals surface area contributed by atoms with Gasteiger partial charge in [0.05, 0.1) is 23.3 Å². The minimum atomic E-state index is -0.411. The number of nitriles is 2. The Kier molecular flexibility index (Phi) is 11.5. The van der Waals surface area contributed by atoms with Crippen LogP contribution in [0.25, 0.3) is 0 Å². The molecular formula is C31H43FN6O2. The number of nitrogens with zero attached hydrogens (tertiary/aromatic N) is 4. The molecule has 9 heteroatoms. The zero-order valence-electron chi connectivity index (χ0n) is 24.8. The van der Waals surface area contributed by atoms with Crippen molar-refractivity contribution in [2.45, 2.75) is 65.1 Å². The Morgan fingerprint density at radius 3 is 1.95 bits per heavy atom. The number of ether oxygens (including phenoxy) is 1. The van der Waals surface area contributed by atoms with Gasteiger partial charge in [0.1, 0.15) is 11.4 Å². The van der Waals surface area contributed by atoms with Crippen LogP contribution in [0.5, 0.6) is 0 Å². The molecule has 216 valence electrons. The third-order valence-electron chi connectivity index (χ3n) is 6.31. The largest absolute Gasteiger partial charge is 0.444 e. The highest BCUT2D eigenvalue weighted by Gasteiger charge is 2.31. The summed E-state index contributed by atoms with van der Waals surface area (Å²) in [6.07, 6.45) is -0.211. The normalized spacial score (nSPS) is 17.6. The lowest BCUT2D eigenvalue weighted by Crippen LogP contribution is -2.58. The van der Waals surface area contributed by atoms with Crippen molar-refractivity contribution < 1.29 is 13.9 Å². The van der Waals surface area contributed by atoms with Crippen LogP contribution in [0.4, 0.5) is 14.9 Å². The van der Waals surface area contributed by atoms with Crippen molar-refractivity contribution in [3.63, 3.8) is 0 Å². The molecule has 2 fully saturated rings. The van der Waals surface area contributed by atoms with Gasteiger partial charge in [0, 0.05) is 56.0 Å². The number of piperazine rings is 2. The molecule has 2 saturated heterocycles. The second kappa shape index (κ2) is 14.1. The maximum absolute atomic E-state index is 12.1. The molecule has 2 aliphatic heterocycles. The van der Waals surface area contributed by atoms with Gasteiger partial charge in [-0.15, -0.1) is 0 Å². The number of rotatable bonds is 1. The molecule has 2 aromatic rings. The Balaban J connectivity index is 0.000000218. The maximum atomic E-state index is 12.1. The molecule has 0 unspecified atom stereocenters. The van der Waals surface area contributed by atoms with Crippen molar-refractivity contribution >= 4 is 11.8 Å². The predicted molar refractivity (Wildman–Crippen MR) is 156 cm³/mol. The van der Waals surface area contributed by atoms with E-state index >= 15 is 0 Å². The van der Waals surface area contributed by atoms with E-state index in [4.69, 9.17) is 15.3 Å². The lowest BCUT2D eigenvalue weighted by Gasteiger charge is -2.44. The van der Waals surface area contributed by atoms with E-state index in [1.165, 1.54) is 30.0 Å². The standard InChI is InChI=1S/C13H17N3.C11H22N2O2.C7H4FN/c1-13(2)10-15-7-8-16(13)12-5-3-11(9-14)4-6-12;1-10(2,3)15-9(14)13-7-6-12-11(4,5)8-13;8-7-3-1-6(5-9)2-4-7/h3-6,15H,7-8,10H2,1-2H3;12H,6-8H2,1-5H3;1-4H. The van der Waals surface area contributed by atoms with Gasteiger partial charge in [0.2, 0.25) is 0 Å². The number of benzene rings is 2. The second-order valence-electron chi connectivity index (χ2n) is 12.1. The SMILES string of the molecule is CC1(C)CN(C(=O)OC(C)(C)C)CCN1.CC1(C)CNCCN1c1ccc(C#N)cc1.N#Cc1ccc(F)cc1. The van der Waals surface area contributed by atoms with Gasteiger partial charge in [0.25, 0.3) is 0 Å². The molecular weight excluding hydrogens is 507 g/mol.